The summed E-state index contributed by atoms with van der Waals surface area (Å²) in [6, 6.07) is 3.40. The van der Waals surface area contributed by atoms with Crippen molar-refractivity contribution in [2.45, 2.75) is 39.0 Å². The van der Waals surface area contributed by atoms with Gasteiger partial charge in [0.2, 0.25) is 10.0 Å². The predicted molar refractivity (Wildman–Crippen MR) is 82.0 cm³/mol. The number of anilines is 1. The Hall–Kier alpha value is -1.07. The van der Waals surface area contributed by atoms with Gasteiger partial charge in [-0.3, -0.25) is 0 Å². The Labute approximate surface area is 122 Å². The molecular weight excluding hydrogens is 272 g/mol. The fourth-order valence-corrected chi connectivity index (χ4v) is 5.08. The van der Waals surface area contributed by atoms with Crippen LogP contribution in [0.15, 0.2) is 17.0 Å². The second-order valence-electron chi connectivity index (χ2n) is 6.23. The van der Waals surface area contributed by atoms with Crippen LogP contribution < -0.4 is 5.73 Å². The lowest BCUT2D eigenvalue weighted by molar-refractivity contribution is 0.222. The quantitative estimate of drug-likeness (QED) is 0.853. The highest BCUT2D eigenvalue weighted by molar-refractivity contribution is 7.89. The molecule has 112 valence electrons. The lowest BCUT2D eigenvalue weighted by atomic mass is 9.94. The third-order valence-corrected chi connectivity index (χ3v) is 6.05. The lowest BCUT2D eigenvalue weighted by Crippen LogP contribution is -2.42. The van der Waals surface area contributed by atoms with Gasteiger partial charge in [0.15, 0.2) is 0 Å². The molecule has 2 unspecified atom stereocenters. The highest BCUT2D eigenvalue weighted by atomic mass is 32.2. The monoisotopic (exact) mass is 296 g/mol. The highest BCUT2D eigenvalue weighted by Gasteiger charge is 2.32. The van der Waals surface area contributed by atoms with Crippen molar-refractivity contribution in [2.24, 2.45) is 11.8 Å². The molecule has 1 aromatic carbocycles. The van der Waals surface area contributed by atoms with E-state index in [2.05, 4.69) is 13.8 Å². The van der Waals surface area contributed by atoms with Crippen LogP contribution in [0.1, 0.15) is 31.4 Å². The molecule has 1 aliphatic rings. The molecule has 0 spiro atoms. The van der Waals surface area contributed by atoms with Crippen LogP contribution in [0.25, 0.3) is 0 Å². The van der Waals surface area contributed by atoms with Crippen molar-refractivity contribution < 1.29 is 8.42 Å². The molecule has 1 heterocycles. The van der Waals surface area contributed by atoms with Crippen molar-refractivity contribution in [3.05, 3.63) is 23.3 Å². The number of benzene rings is 1. The summed E-state index contributed by atoms with van der Waals surface area (Å²) in [7, 11) is -3.45. The highest BCUT2D eigenvalue weighted by Crippen LogP contribution is 2.30. The molecule has 0 aliphatic carbocycles. The van der Waals surface area contributed by atoms with E-state index in [1.807, 2.05) is 19.9 Å². The molecule has 4 nitrogen and oxygen atoms in total. The van der Waals surface area contributed by atoms with Crippen LogP contribution in [0.2, 0.25) is 0 Å². The molecule has 2 rings (SSSR count). The maximum atomic E-state index is 12.9. The van der Waals surface area contributed by atoms with Crippen LogP contribution in [-0.2, 0) is 10.0 Å². The number of nitrogen functional groups attached to an aromatic ring is 1. The number of hydrogen-bond donors (Lipinski definition) is 1. The van der Waals surface area contributed by atoms with Gasteiger partial charge >= 0.3 is 0 Å². The zero-order valence-corrected chi connectivity index (χ0v) is 13.5. The Kier molecular flexibility index (Phi) is 4.12. The zero-order valence-electron chi connectivity index (χ0n) is 12.7. The van der Waals surface area contributed by atoms with Crippen LogP contribution >= 0.6 is 0 Å². The van der Waals surface area contributed by atoms with E-state index in [4.69, 9.17) is 5.73 Å². The summed E-state index contributed by atoms with van der Waals surface area (Å²) < 4.78 is 27.4. The van der Waals surface area contributed by atoms with Gasteiger partial charge in [-0.2, -0.15) is 4.31 Å². The lowest BCUT2D eigenvalue weighted by Gasteiger charge is -2.34. The zero-order chi connectivity index (χ0) is 15.1. The molecule has 1 aromatic rings. The normalized spacial score (nSPS) is 24.8. The van der Waals surface area contributed by atoms with Gasteiger partial charge in [0, 0.05) is 18.8 Å². The van der Waals surface area contributed by atoms with Crippen LogP contribution in [-0.4, -0.2) is 25.8 Å². The molecule has 2 N–H and O–H groups in total. The van der Waals surface area contributed by atoms with E-state index >= 15 is 0 Å². The Bertz CT molecular complexity index is 601. The fraction of sp³-hybridized carbons (Fsp3) is 0.600. The third-order valence-electron chi connectivity index (χ3n) is 4.10. The Morgan fingerprint density at radius 1 is 1.15 bits per heavy atom. The van der Waals surface area contributed by atoms with Gasteiger partial charge < -0.3 is 5.73 Å². The maximum Gasteiger partial charge on any atom is 0.243 e. The first-order valence-corrected chi connectivity index (χ1v) is 8.52. The van der Waals surface area contributed by atoms with Gasteiger partial charge in [0.25, 0.3) is 0 Å². The van der Waals surface area contributed by atoms with Gasteiger partial charge in [-0.15, -0.1) is 0 Å². The fourth-order valence-electron chi connectivity index (χ4n) is 3.06. The van der Waals surface area contributed by atoms with Crippen molar-refractivity contribution in [1.29, 1.82) is 0 Å². The van der Waals surface area contributed by atoms with E-state index in [1.165, 1.54) is 0 Å². The summed E-state index contributed by atoms with van der Waals surface area (Å²) in [4.78, 5) is 0.358. The molecule has 5 heteroatoms. The summed E-state index contributed by atoms with van der Waals surface area (Å²) >= 11 is 0. The SMILES string of the molecule is Cc1cc(N)cc(S(=O)(=O)N2CC(C)CC(C)C2)c1C. The number of sulfonamides is 1. The van der Waals surface area contributed by atoms with Crippen molar-refractivity contribution in [1.82, 2.24) is 4.31 Å². The Morgan fingerprint density at radius 2 is 1.70 bits per heavy atom. The number of nitrogens with two attached hydrogens (primary N) is 1. The van der Waals surface area contributed by atoms with Crippen molar-refractivity contribution in [2.75, 3.05) is 18.8 Å². The molecule has 0 radical (unpaired) electrons. The minimum Gasteiger partial charge on any atom is -0.399 e. The average molecular weight is 296 g/mol. The molecule has 1 aliphatic heterocycles. The van der Waals surface area contributed by atoms with Gasteiger partial charge in [-0.25, -0.2) is 8.42 Å². The summed E-state index contributed by atoms with van der Waals surface area (Å²) in [5.74, 6) is 0.798. The molecule has 0 bridgehead atoms. The first kappa shape index (κ1) is 15.3. The smallest absolute Gasteiger partial charge is 0.243 e. The van der Waals surface area contributed by atoms with Crippen molar-refractivity contribution in [3.8, 4) is 0 Å². The molecular formula is C15H24N2O2S. The maximum absolute atomic E-state index is 12.9. The third kappa shape index (κ3) is 2.83. The molecule has 0 amide bonds. The molecule has 0 saturated carbocycles. The molecule has 0 aromatic heterocycles. The first-order chi connectivity index (χ1) is 9.21. The van der Waals surface area contributed by atoms with Gasteiger partial charge in [-0.1, -0.05) is 13.8 Å². The Morgan fingerprint density at radius 3 is 2.25 bits per heavy atom. The number of nitrogens with zero attached hydrogens (tertiary/aromatic N) is 1. The minimum atomic E-state index is -3.45. The number of piperidine rings is 1. The van der Waals surface area contributed by atoms with Crippen LogP contribution in [0.3, 0.4) is 0 Å². The molecule has 1 saturated heterocycles. The van der Waals surface area contributed by atoms with E-state index < -0.39 is 10.0 Å². The van der Waals surface area contributed by atoms with E-state index in [9.17, 15) is 8.42 Å². The largest absolute Gasteiger partial charge is 0.399 e. The topological polar surface area (TPSA) is 63.4 Å². The average Bonchev–Trinajstić information content (AvgIpc) is 2.32. The predicted octanol–water partition coefficient (Wildman–Crippen LogP) is 2.55. The van der Waals surface area contributed by atoms with E-state index in [0.717, 1.165) is 17.5 Å². The van der Waals surface area contributed by atoms with E-state index in [-0.39, 0.29) is 0 Å². The second-order valence-corrected chi connectivity index (χ2v) is 8.14. The number of aryl methyl sites for hydroxylation is 1. The summed E-state index contributed by atoms with van der Waals surface area (Å²) in [6.07, 6.45) is 1.08. The van der Waals surface area contributed by atoms with Crippen molar-refractivity contribution in [3.63, 3.8) is 0 Å². The van der Waals surface area contributed by atoms with Gasteiger partial charge in [0.05, 0.1) is 4.90 Å². The summed E-state index contributed by atoms with van der Waals surface area (Å²) in [5.41, 5.74) is 8.05. The standard InChI is InChI=1S/C15H24N2O2S/c1-10-5-11(2)9-17(8-10)20(18,19)15-7-14(16)6-12(3)13(15)4/h6-7,10-11H,5,8-9,16H2,1-4H3. The number of hydrogen-bond acceptors (Lipinski definition) is 3. The summed E-state index contributed by atoms with van der Waals surface area (Å²) in [6.45, 7) is 9.15. The van der Waals surface area contributed by atoms with Gasteiger partial charge in [-0.05, 0) is 55.4 Å². The van der Waals surface area contributed by atoms with Crippen LogP contribution in [0, 0.1) is 25.7 Å². The van der Waals surface area contributed by atoms with E-state index in [1.54, 1.807) is 10.4 Å². The minimum absolute atomic E-state index is 0.358. The van der Waals surface area contributed by atoms with E-state index in [0.29, 0.717) is 35.5 Å². The number of rotatable bonds is 2. The summed E-state index contributed by atoms with van der Waals surface area (Å²) in [5, 5.41) is 0. The molecule has 20 heavy (non-hydrogen) atoms. The second kappa shape index (κ2) is 5.37. The Balaban J connectivity index is 2.45. The van der Waals surface area contributed by atoms with Gasteiger partial charge in [0.1, 0.15) is 0 Å². The molecule has 1 fully saturated rings. The van der Waals surface area contributed by atoms with Crippen LogP contribution in [0.5, 0.6) is 0 Å². The first-order valence-electron chi connectivity index (χ1n) is 7.08. The van der Waals surface area contributed by atoms with Crippen LogP contribution in [0.4, 0.5) is 5.69 Å². The molecule has 2 atom stereocenters. The van der Waals surface area contributed by atoms with Crippen molar-refractivity contribution >= 4 is 15.7 Å².